The first kappa shape index (κ1) is 17.4. The van der Waals surface area contributed by atoms with Gasteiger partial charge in [-0.05, 0) is 67.4 Å². The Kier molecular flexibility index (Phi) is 3.58. The van der Waals surface area contributed by atoms with Crippen LogP contribution in [0.15, 0.2) is 109 Å². The zero-order valence-corrected chi connectivity index (χ0v) is 17.3. The van der Waals surface area contributed by atoms with Crippen LogP contribution in [-0.4, -0.2) is 9.97 Å². The molecule has 2 nitrogen and oxygen atoms in total. The highest BCUT2D eigenvalue weighted by Crippen LogP contribution is 2.34. The second-order valence-corrected chi connectivity index (χ2v) is 8.28. The minimum atomic E-state index is 1.09. The van der Waals surface area contributed by atoms with E-state index >= 15 is 0 Å². The van der Waals surface area contributed by atoms with Crippen molar-refractivity contribution in [1.82, 2.24) is 9.97 Å². The van der Waals surface area contributed by atoms with Gasteiger partial charge in [-0.3, -0.25) is 9.97 Å². The first-order valence-electron chi connectivity index (χ1n) is 10.8. The number of pyridine rings is 2. The summed E-state index contributed by atoms with van der Waals surface area (Å²) in [4.78, 5) is 8.87. The normalized spacial score (nSPS) is 11.8. The lowest BCUT2D eigenvalue weighted by atomic mass is 9.97. The van der Waals surface area contributed by atoms with E-state index in [0.29, 0.717) is 0 Å². The molecule has 8 aromatic rings. The maximum atomic E-state index is 4.43. The average Bonchev–Trinajstić information content (AvgIpc) is 2.87. The Balaban J connectivity index is 0.000000113. The van der Waals surface area contributed by atoms with Crippen LogP contribution in [0.4, 0.5) is 0 Å². The van der Waals surface area contributed by atoms with Gasteiger partial charge in [0.25, 0.3) is 0 Å². The number of hydrogen-bond donors (Lipinski definition) is 0. The third kappa shape index (κ3) is 2.47. The molecule has 0 spiro atoms. The van der Waals surface area contributed by atoms with E-state index in [1.807, 2.05) is 12.4 Å². The third-order valence-corrected chi connectivity index (χ3v) is 6.51. The molecule has 0 amide bonds. The maximum absolute atomic E-state index is 4.43. The summed E-state index contributed by atoms with van der Waals surface area (Å²) in [6.45, 7) is 0. The molecule has 2 heteroatoms. The predicted molar refractivity (Wildman–Crippen MR) is 136 cm³/mol. The molecule has 0 aliphatic heterocycles. The van der Waals surface area contributed by atoms with Gasteiger partial charge in [-0.1, -0.05) is 72.8 Å². The van der Waals surface area contributed by atoms with Crippen molar-refractivity contribution in [3.8, 4) is 0 Å². The minimum Gasteiger partial charge on any atom is -0.256 e. The van der Waals surface area contributed by atoms with E-state index < -0.39 is 0 Å². The molecule has 0 unspecified atom stereocenters. The highest BCUT2D eigenvalue weighted by Gasteiger charge is 2.08. The Morgan fingerprint density at radius 3 is 1.06 bits per heavy atom. The largest absolute Gasteiger partial charge is 0.256 e. The van der Waals surface area contributed by atoms with E-state index in [0.717, 1.165) is 11.0 Å². The van der Waals surface area contributed by atoms with Gasteiger partial charge in [-0.15, -0.1) is 0 Å². The fourth-order valence-electron chi connectivity index (χ4n) is 5.07. The van der Waals surface area contributed by atoms with Gasteiger partial charge in [0.2, 0.25) is 0 Å². The molecule has 0 atom stereocenters. The zero-order chi connectivity index (χ0) is 21.1. The van der Waals surface area contributed by atoms with Crippen molar-refractivity contribution < 1.29 is 0 Å². The highest BCUT2D eigenvalue weighted by molar-refractivity contribution is 6.22. The predicted octanol–water partition coefficient (Wildman–Crippen LogP) is 7.96. The third-order valence-electron chi connectivity index (χ3n) is 6.51. The molecule has 0 bridgehead atoms. The Hall–Kier alpha value is -4.30. The lowest BCUT2D eigenvalue weighted by molar-refractivity contribution is 1.43. The Bertz CT molecular complexity index is 1480. The van der Waals surface area contributed by atoms with Crippen molar-refractivity contribution in [2.24, 2.45) is 0 Å². The van der Waals surface area contributed by atoms with Gasteiger partial charge in [-0.25, -0.2) is 0 Å². The van der Waals surface area contributed by atoms with E-state index in [2.05, 4.69) is 107 Å². The summed E-state index contributed by atoms with van der Waals surface area (Å²) in [7, 11) is 0. The molecular formula is C30H18N2. The van der Waals surface area contributed by atoms with Crippen LogP contribution in [0.5, 0.6) is 0 Å². The first-order chi connectivity index (χ1) is 15.9. The van der Waals surface area contributed by atoms with Crippen LogP contribution in [0.2, 0.25) is 0 Å². The zero-order valence-electron chi connectivity index (χ0n) is 17.3. The summed E-state index contributed by atoms with van der Waals surface area (Å²) in [5, 5.41) is 13.0. The number of nitrogens with zero attached hydrogens (tertiary/aromatic N) is 2. The SMILES string of the molecule is c1cc2ccc3ccnc4ccc(c1)c2c34.c1cc2ccc3ccnc4ccc(c1)c2c34. The highest BCUT2D eigenvalue weighted by atomic mass is 14.6. The summed E-state index contributed by atoms with van der Waals surface area (Å²) >= 11 is 0. The van der Waals surface area contributed by atoms with Crippen LogP contribution >= 0.6 is 0 Å². The number of aromatic nitrogens is 2. The van der Waals surface area contributed by atoms with E-state index in [1.54, 1.807) is 0 Å². The maximum Gasteiger partial charge on any atom is 0.0714 e. The molecule has 0 saturated carbocycles. The summed E-state index contributed by atoms with van der Waals surface area (Å²) in [5.74, 6) is 0. The smallest absolute Gasteiger partial charge is 0.0714 e. The van der Waals surface area contributed by atoms with Gasteiger partial charge >= 0.3 is 0 Å². The van der Waals surface area contributed by atoms with Gasteiger partial charge in [0.15, 0.2) is 0 Å². The molecule has 0 radical (unpaired) electrons. The van der Waals surface area contributed by atoms with Crippen molar-refractivity contribution in [2.75, 3.05) is 0 Å². The molecule has 0 fully saturated rings. The molecule has 148 valence electrons. The average molecular weight is 406 g/mol. The van der Waals surface area contributed by atoms with Crippen LogP contribution in [0.1, 0.15) is 0 Å². The standard InChI is InChI=1S/2C15H9N/c2*1-2-10-4-5-12-8-9-16-13-7-6-11(3-1)14(10)15(12)13/h2*1-9H. The quantitative estimate of drug-likeness (QED) is 0.239. The van der Waals surface area contributed by atoms with Crippen LogP contribution in [0.3, 0.4) is 0 Å². The molecule has 32 heavy (non-hydrogen) atoms. The van der Waals surface area contributed by atoms with Crippen LogP contribution in [-0.2, 0) is 0 Å². The fraction of sp³-hybridized carbons (Fsp3) is 0. The van der Waals surface area contributed by atoms with Gasteiger partial charge in [0, 0.05) is 23.2 Å². The lowest BCUT2D eigenvalue weighted by Gasteiger charge is -2.08. The molecule has 6 aromatic carbocycles. The second-order valence-electron chi connectivity index (χ2n) is 8.28. The molecule has 0 saturated heterocycles. The van der Waals surface area contributed by atoms with Gasteiger partial charge < -0.3 is 0 Å². The first-order valence-corrected chi connectivity index (χ1v) is 10.8. The summed E-state index contributed by atoms with van der Waals surface area (Å²) in [6.07, 6.45) is 3.75. The van der Waals surface area contributed by atoms with Gasteiger partial charge in [0.1, 0.15) is 0 Å². The molecular weight excluding hydrogens is 388 g/mol. The summed E-state index contributed by atoms with van der Waals surface area (Å²) < 4.78 is 0. The van der Waals surface area contributed by atoms with Crippen molar-refractivity contribution in [2.45, 2.75) is 0 Å². The molecule has 0 N–H and O–H groups in total. The van der Waals surface area contributed by atoms with Crippen LogP contribution < -0.4 is 0 Å². The molecule has 0 aliphatic carbocycles. The molecule has 8 rings (SSSR count). The van der Waals surface area contributed by atoms with E-state index in [-0.39, 0.29) is 0 Å². The van der Waals surface area contributed by atoms with E-state index in [1.165, 1.54) is 53.9 Å². The van der Waals surface area contributed by atoms with Gasteiger partial charge in [0.05, 0.1) is 11.0 Å². The topological polar surface area (TPSA) is 25.8 Å². The van der Waals surface area contributed by atoms with Crippen molar-refractivity contribution in [3.05, 3.63) is 109 Å². The van der Waals surface area contributed by atoms with Crippen molar-refractivity contribution >= 4 is 64.9 Å². The van der Waals surface area contributed by atoms with Crippen molar-refractivity contribution in [3.63, 3.8) is 0 Å². The molecule has 0 aliphatic rings. The Labute approximate surface area is 184 Å². The number of rotatable bonds is 0. The molecule has 2 aromatic heterocycles. The van der Waals surface area contributed by atoms with E-state index in [9.17, 15) is 0 Å². The summed E-state index contributed by atoms with van der Waals surface area (Å²) in [6, 6.07) is 34.2. The fourth-order valence-corrected chi connectivity index (χ4v) is 5.07. The van der Waals surface area contributed by atoms with Crippen LogP contribution in [0.25, 0.3) is 64.9 Å². The van der Waals surface area contributed by atoms with E-state index in [4.69, 9.17) is 0 Å². The Morgan fingerprint density at radius 1 is 0.312 bits per heavy atom. The number of hydrogen-bond acceptors (Lipinski definition) is 2. The number of benzene rings is 6. The minimum absolute atomic E-state index is 1.09. The summed E-state index contributed by atoms with van der Waals surface area (Å²) in [5.41, 5.74) is 2.17. The second kappa shape index (κ2) is 6.60. The lowest BCUT2D eigenvalue weighted by Crippen LogP contribution is -1.84. The van der Waals surface area contributed by atoms with Crippen molar-refractivity contribution in [1.29, 1.82) is 0 Å². The van der Waals surface area contributed by atoms with Gasteiger partial charge in [-0.2, -0.15) is 0 Å². The van der Waals surface area contributed by atoms with Crippen LogP contribution in [0, 0.1) is 0 Å². The molecule has 2 heterocycles. The monoisotopic (exact) mass is 406 g/mol. The Morgan fingerprint density at radius 2 is 0.656 bits per heavy atom.